The summed E-state index contributed by atoms with van der Waals surface area (Å²) < 4.78 is 16.4. The molecule has 0 fully saturated rings. The second-order valence-electron chi connectivity index (χ2n) is 6.36. The second kappa shape index (κ2) is 7.09. The first kappa shape index (κ1) is 18.2. The minimum Gasteiger partial charge on any atom is -0.497 e. The minimum absolute atomic E-state index is 0.257. The summed E-state index contributed by atoms with van der Waals surface area (Å²) in [5.74, 6) is 1.66. The van der Waals surface area contributed by atoms with Crippen molar-refractivity contribution in [2.45, 2.75) is 6.92 Å². The van der Waals surface area contributed by atoms with Crippen LogP contribution < -0.4 is 14.8 Å². The van der Waals surface area contributed by atoms with Gasteiger partial charge in [0.05, 0.1) is 24.8 Å². The third-order valence-corrected chi connectivity index (χ3v) is 5.01. The fourth-order valence-electron chi connectivity index (χ4n) is 3.33. The van der Waals surface area contributed by atoms with Gasteiger partial charge in [-0.3, -0.25) is 4.79 Å². The second-order valence-corrected chi connectivity index (χ2v) is 6.77. The Labute approximate surface area is 166 Å². The lowest BCUT2D eigenvalue weighted by molar-refractivity contribution is 0.102. The molecule has 4 aromatic rings. The van der Waals surface area contributed by atoms with Gasteiger partial charge in [0.1, 0.15) is 22.8 Å². The molecular weight excluding hydrogens is 378 g/mol. The highest BCUT2D eigenvalue weighted by Gasteiger charge is 2.22. The number of fused-ring (bicyclic) bond motifs is 3. The largest absolute Gasteiger partial charge is 0.497 e. The van der Waals surface area contributed by atoms with Gasteiger partial charge in [0.25, 0.3) is 5.91 Å². The lowest BCUT2D eigenvalue weighted by Crippen LogP contribution is -2.12. The van der Waals surface area contributed by atoms with E-state index in [4.69, 9.17) is 25.5 Å². The van der Waals surface area contributed by atoms with Crippen LogP contribution in [0.3, 0.4) is 0 Å². The van der Waals surface area contributed by atoms with Crippen LogP contribution in [0.15, 0.2) is 52.9 Å². The van der Waals surface area contributed by atoms with E-state index in [1.165, 1.54) is 0 Å². The van der Waals surface area contributed by atoms with Crippen LogP contribution in [-0.4, -0.2) is 20.1 Å². The van der Waals surface area contributed by atoms with Gasteiger partial charge in [-0.2, -0.15) is 0 Å². The number of halogens is 1. The van der Waals surface area contributed by atoms with Crippen LogP contribution in [0.2, 0.25) is 5.02 Å². The zero-order chi connectivity index (χ0) is 19.8. The lowest BCUT2D eigenvalue weighted by Gasteiger charge is -2.08. The number of hydrogen-bond donors (Lipinski definition) is 1. The summed E-state index contributed by atoms with van der Waals surface area (Å²) in [6.07, 6.45) is 0. The maximum Gasteiger partial charge on any atom is 0.259 e. The molecular formula is C22H18ClNO4. The molecule has 0 bridgehead atoms. The molecule has 0 unspecified atom stereocenters. The topological polar surface area (TPSA) is 60.7 Å². The van der Waals surface area contributed by atoms with E-state index >= 15 is 0 Å². The molecule has 5 nitrogen and oxygen atoms in total. The van der Waals surface area contributed by atoms with Crippen molar-refractivity contribution in [2.24, 2.45) is 0 Å². The molecule has 0 radical (unpaired) electrons. The van der Waals surface area contributed by atoms with Gasteiger partial charge in [0, 0.05) is 22.5 Å². The van der Waals surface area contributed by atoms with E-state index in [-0.39, 0.29) is 5.91 Å². The van der Waals surface area contributed by atoms with E-state index in [9.17, 15) is 4.79 Å². The lowest BCUT2D eigenvalue weighted by atomic mass is 10.0. The molecule has 0 atom stereocenters. The van der Waals surface area contributed by atoms with Crippen molar-refractivity contribution in [3.8, 4) is 11.5 Å². The smallest absolute Gasteiger partial charge is 0.259 e. The number of aryl methyl sites for hydroxylation is 1. The summed E-state index contributed by atoms with van der Waals surface area (Å²) in [7, 11) is 3.19. The molecule has 1 aromatic heterocycles. The molecule has 6 heteroatoms. The van der Waals surface area contributed by atoms with Crippen molar-refractivity contribution in [3.05, 3.63) is 64.9 Å². The molecule has 0 aliphatic carbocycles. The van der Waals surface area contributed by atoms with Crippen molar-refractivity contribution >= 4 is 44.9 Å². The van der Waals surface area contributed by atoms with E-state index in [0.717, 1.165) is 16.5 Å². The molecule has 0 saturated heterocycles. The van der Waals surface area contributed by atoms with Crippen LogP contribution in [-0.2, 0) is 0 Å². The highest BCUT2D eigenvalue weighted by molar-refractivity contribution is 6.38. The Morgan fingerprint density at radius 1 is 0.964 bits per heavy atom. The van der Waals surface area contributed by atoms with Crippen molar-refractivity contribution in [3.63, 3.8) is 0 Å². The maximum absolute atomic E-state index is 13.1. The number of rotatable bonds is 4. The average Bonchev–Trinajstić information content (AvgIpc) is 3.04. The van der Waals surface area contributed by atoms with Crippen molar-refractivity contribution in [1.29, 1.82) is 0 Å². The standard InChI is InChI=1S/C22H18ClNO4/c1-12-20(22(25)24-13-4-6-14(26-2)7-5-13)21-17-10-15(27-3)8-9-16(17)18(23)11-19(21)28-12/h4-11H,1-3H3,(H,24,25). The van der Waals surface area contributed by atoms with Crippen molar-refractivity contribution in [1.82, 2.24) is 0 Å². The quantitative estimate of drug-likeness (QED) is 0.473. The first-order valence-corrected chi connectivity index (χ1v) is 9.04. The van der Waals surface area contributed by atoms with Crippen LogP contribution in [0, 0.1) is 6.92 Å². The SMILES string of the molecule is COc1ccc(NC(=O)c2c(C)oc3cc(Cl)c4ccc(OC)cc4c23)cc1. The van der Waals surface area contributed by atoms with E-state index in [1.54, 1.807) is 51.5 Å². The number of furan rings is 1. The van der Waals surface area contributed by atoms with Crippen LogP contribution >= 0.6 is 11.6 Å². The van der Waals surface area contributed by atoms with Gasteiger partial charge in [-0.05, 0) is 54.8 Å². The first-order chi connectivity index (χ1) is 13.5. The van der Waals surface area contributed by atoms with E-state index in [1.807, 2.05) is 18.2 Å². The molecule has 4 rings (SSSR count). The summed E-state index contributed by atoms with van der Waals surface area (Å²) in [6.45, 7) is 1.77. The van der Waals surface area contributed by atoms with E-state index in [2.05, 4.69) is 5.32 Å². The fraction of sp³-hybridized carbons (Fsp3) is 0.136. The molecule has 1 N–H and O–H groups in total. The van der Waals surface area contributed by atoms with Gasteiger partial charge in [-0.25, -0.2) is 0 Å². The molecule has 28 heavy (non-hydrogen) atoms. The molecule has 1 heterocycles. The summed E-state index contributed by atoms with van der Waals surface area (Å²) in [6, 6.07) is 14.5. The normalized spacial score (nSPS) is 11.0. The Morgan fingerprint density at radius 2 is 1.64 bits per heavy atom. The number of hydrogen-bond acceptors (Lipinski definition) is 4. The Morgan fingerprint density at radius 3 is 2.32 bits per heavy atom. The van der Waals surface area contributed by atoms with E-state index in [0.29, 0.717) is 38.8 Å². The van der Waals surface area contributed by atoms with Gasteiger partial charge in [0.2, 0.25) is 0 Å². The fourth-order valence-corrected chi connectivity index (χ4v) is 3.60. The molecule has 0 saturated carbocycles. The number of benzene rings is 3. The van der Waals surface area contributed by atoms with Crippen molar-refractivity contribution < 1.29 is 18.7 Å². The Kier molecular flexibility index (Phi) is 4.61. The zero-order valence-electron chi connectivity index (χ0n) is 15.6. The number of amides is 1. The third-order valence-electron chi connectivity index (χ3n) is 4.70. The molecule has 142 valence electrons. The zero-order valence-corrected chi connectivity index (χ0v) is 16.4. The Balaban J connectivity index is 1.86. The molecule has 3 aromatic carbocycles. The third kappa shape index (κ3) is 3.04. The number of carbonyl (C=O) groups is 1. The summed E-state index contributed by atoms with van der Waals surface area (Å²) in [4.78, 5) is 13.1. The number of carbonyl (C=O) groups excluding carboxylic acids is 1. The summed E-state index contributed by atoms with van der Waals surface area (Å²) in [5, 5.41) is 5.82. The monoisotopic (exact) mass is 395 g/mol. The van der Waals surface area contributed by atoms with Gasteiger partial charge in [-0.15, -0.1) is 0 Å². The van der Waals surface area contributed by atoms with Crippen LogP contribution in [0.5, 0.6) is 11.5 Å². The van der Waals surface area contributed by atoms with Gasteiger partial charge in [0.15, 0.2) is 0 Å². The predicted octanol–water partition coefficient (Wildman–Crippen LogP) is 5.82. The average molecular weight is 396 g/mol. The van der Waals surface area contributed by atoms with Crippen LogP contribution in [0.1, 0.15) is 16.1 Å². The number of nitrogens with one attached hydrogen (secondary N) is 1. The maximum atomic E-state index is 13.1. The minimum atomic E-state index is -0.257. The summed E-state index contributed by atoms with van der Waals surface area (Å²) >= 11 is 6.42. The summed E-state index contributed by atoms with van der Waals surface area (Å²) in [5.41, 5.74) is 1.69. The number of anilines is 1. The van der Waals surface area contributed by atoms with Crippen LogP contribution in [0.25, 0.3) is 21.7 Å². The molecule has 0 spiro atoms. The predicted molar refractivity (Wildman–Crippen MR) is 111 cm³/mol. The van der Waals surface area contributed by atoms with Crippen molar-refractivity contribution in [2.75, 3.05) is 19.5 Å². The Hall–Kier alpha value is -3.18. The highest BCUT2D eigenvalue weighted by atomic mass is 35.5. The van der Waals surface area contributed by atoms with Gasteiger partial charge in [-0.1, -0.05) is 11.6 Å². The van der Waals surface area contributed by atoms with E-state index < -0.39 is 0 Å². The molecule has 1 amide bonds. The molecule has 0 aliphatic heterocycles. The number of ether oxygens (including phenoxy) is 2. The van der Waals surface area contributed by atoms with Gasteiger partial charge < -0.3 is 19.2 Å². The number of methoxy groups -OCH3 is 2. The van der Waals surface area contributed by atoms with Gasteiger partial charge >= 0.3 is 0 Å². The Bertz CT molecular complexity index is 1200. The van der Waals surface area contributed by atoms with Crippen LogP contribution in [0.4, 0.5) is 5.69 Å². The first-order valence-electron chi connectivity index (χ1n) is 8.66. The molecule has 0 aliphatic rings. The highest BCUT2D eigenvalue weighted by Crippen LogP contribution is 2.38.